The summed E-state index contributed by atoms with van der Waals surface area (Å²) in [7, 11) is 4.04. The monoisotopic (exact) mass is 431 g/mol. The van der Waals surface area contributed by atoms with Gasteiger partial charge in [-0.15, -0.1) is 0 Å². The highest BCUT2D eigenvalue weighted by molar-refractivity contribution is 5.86. The number of hydrogen-bond acceptors (Lipinski definition) is 7. The highest BCUT2D eigenvalue weighted by Gasteiger charge is 2.18. The molecule has 166 valence electrons. The van der Waals surface area contributed by atoms with Gasteiger partial charge in [-0.2, -0.15) is 0 Å². The Hall–Kier alpha value is -3.81. The van der Waals surface area contributed by atoms with E-state index >= 15 is 0 Å². The smallest absolute Gasteiger partial charge is 0.210 e. The maximum Gasteiger partial charge on any atom is 0.210 e. The SMILES string of the molecule is CC(C)n1c(Nc2cccc(N(C)C)c2)nc2c(NCCc3ccc(O)cc3)ncnc21. The largest absolute Gasteiger partial charge is 0.508 e. The van der Waals surface area contributed by atoms with Gasteiger partial charge in [0.2, 0.25) is 5.95 Å². The molecule has 0 atom stereocenters. The second-order valence-corrected chi connectivity index (χ2v) is 8.21. The van der Waals surface area contributed by atoms with Crippen molar-refractivity contribution < 1.29 is 5.11 Å². The molecule has 32 heavy (non-hydrogen) atoms. The molecule has 3 N–H and O–H groups in total. The van der Waals surface area contributed by atoms with E-state index in [1.807, 2.05) is 38.4 Å². The van der Waals surface area contributed by atoms with Gasteiger partial charge in [0.05, 0.1) is 0 Å². The summed E-state index contributed by atoms with van der Waals surface area (Å²) in [6, 6.07) is 15.6. The maximum atomic E-state index is 9.45. The molecule has 0 bridgehead atoms. The van der Waals surface area contributed by atoms with Crippen LogP contribution in [-0.2, 0) is 6.42 Å². The molecule has 0 aliphatic rings. The van der Waals surface area contributed by atoms with E-state index in [0.717, 1.165) is 40.5 Å². The van der Waals surface area contributed by atoms with Gasteiger partial charge in [0.1, 0.15) is 12.1 Å². The van der Waals surface area contributed by atoms with Crippen molar-refractivity contribution in [3.8, 4) is 5.75 Å². The van der Waals surface area contributed by atoms with Crippen LogP contribution in [0.4, 0.5) is 23.1 Å². The fourth-order valence-corrected chi connectivity index (χ4v) is 3.59. The molecule has 8 nitrogen and oxygen atoms in total. The number of imidazole rings is 1. The fourth-order valence-electron chi connectivity index (χ4n) is 3.59. The summed E-state index contributed by atoms with van der Waals surface area (Å²) in [4.78, 5) is 15.9. The third-order valence-corrected chi connectivity index (χ3v) is 5.25. The Bertz CT molecular complexity index is 1200. The van der Waals surface area contributed by atoms with Crippen molar-refractivity contribution in [3.05, 3.63) is 60.4 Å². The molecular weight excluding hydrogens is 402 g/mol. The highest BCUT2D eigenvalue weighted by atomic mass is 16.3. The van der Waals surface area contributed by atoms with Crippen LogP contribution in [0.25, 0.3) is 11.2 Å². The lowest BCUT2D eigenvalue weighted by molar-refractivity contribution is 0.475. The Balaban J connectivity index is 1.60. The normalized spacial score (nSPS) is 11.2. The summed E-state index contributed by atoms with van der Waals surface area (Å²) in [6.45, 7) is 4.92. The fraction of sp³-hybridized carbons (Fsp3) is 0.292. The Kier molecular flexibility index (Phi) is 6.11. The molecule has 0 aliphatic carbocycles. The average molecular weight is 432 g/mol. The third kappa shape index (κ3) is 4.59. The minimum Gasteiger partial charge on any atom is -0.508 e. The molecular formula is C24H29N7O. The van der Waals surface area contributed by atoms with Crippen molar-refractivity contribution >= 4 is 34.3 Å². The van der Waals surface area contributed by atoms with E-state index in [2.05, 4.69) is 56.0 Å². The van der Waals surface area contributed by atoms with E-state index in [4.69, 9.17) is 4.98 Å². The summed E-state index contributed by atoms with van der Waals surface area (Å²) < 4.78 is 2.09. The van der Waals surface area contributed by atoms with Crippen LogP contribution in [0, 0.1) is 0 Å². The van der Waals surface area contributed by atoms with Gasteiger partial charge >= 0.3 is 0 Å². The second-order valence-electron chi connectivity index (χ2n) is 8.21. The molecule has 0 fully saturated rings. The molecule has 0 spiro atoms. The number of anilines is 4. The van der Waals surface area contributed by atoms with E-state index in [1.165, 1.54) is 0 Å². The number of aromatic nitrogens is 4. The summed E-state index contributed by atoms with van der Waals surface area (Å²) in [5.41, 5.74) is 4.73. The van der Waals surface area contributed by atoms with Gasteiger partial charge in [-0.3, -0.25) is 4.57 Å². The number of aromatic hydroxyl groups is 1. The van der Waals surface area contributed by atoms with Crippen LogP contribution in [-0.4, -0.2) is 45.3 Å². The predicted octanol–water partition coefficient (Wildman–Crippen LogP) is 4.58. The van der Waals surface area contributed by atoms with Crippen molar-refractivity contribution in [2.75, 3.05) is 36.2 Å². The molecule has 8 heteroatoms. The van der Waals surface area contributed by atoms with Gasteiger partial charge in [-0.05, 0) is 56.2 Å². The minimum absolute atomic E-state index is 0.166. The highest BCUT2D eigenvalue weighted by Crippen LogP contribution is 2.29. The Morgan fingerprint density at radius 1 is 1.06 bits per heavy atom. The molecule has 4 rings (SSSR count). The summed E-state index contributed by atoms with van der Waals surface area (Å²) >= 11 is 0. The van der Waals surface area contributed by atoms with Crippen LogP contribution in [0.1, 0.15) is 25.5 Å². The van der Waals surface area contributed by atoms with Crippen LogP contribution in [0.3, 0.4) is 0 Å². The number of phenolic OH excluding ortho intramolecular Hbond substituents is 1. The number of hydrogen-bond donors (Lipinski definition) is 3. The molecule has 2 aromatic carbocycles. The Morgan fingerprint density at radius 3 is 2.56 bits per heavy atom. The van der Waals surface area contributed by atoms with Gasteiger partial charge in [0.15, 0.2) is 17.0 Å². The lowest BCUT2D eigenvalue weighted by Crippen LogP contribution is -2.10. The zero-order valence-corrected chi connectivity index (χ0v) is 18.9. The van der Waals surface area contributed by atoms with Gasteiger partial charge < -0.3 is 20.6 Å². The molecule has 0 unspecified atom stereocenters. The van der Waals surface area contributed by atoms with Crippen LogP contribution in [0.15, 0.2) is 54.9 Å². The number of nitrogens with zero attached hydrogens (tertiary/aromatic N) is 5. The molecule has 0 aliphatic heterocycles. The summed E-state index contributed by atoms with van der Waals surface area (Å²) in [5, 5.41) is 16.3. The van der Waals surface area contributed by atoms with Crippen molar-refractivity contribution in [2.24, 2.45) is 0 Å². The predicted molar refractivity (Wildman–Crippen MR) is 130 cm³/mol. The average Bonchev–Trinajstić information content (AvgIpc) is 3.14. The standard InChI is InChI=1S/C24H29N7O/c1-16(2)31-23-21(29-24(31)28-18-6-5-7-19(14-18)30(3)4)22(26-15-27-23)25-13-12-17-8-10-20(32)11-9-17/h5-11,14-16,32H,12-13H2,1-4H3,(H,28,29)(H,25,26,27). The molecule has 0 amide bonds. The summed E-state index contributed by atoms with van der Waals surface area (Å²) in [6.07, 6.45) is 2.38. The topological polar surface area (TPSA) is 91.1 Å². The van der Waals surface area contributed by atoms with Crippen molar-refractivity contribution in [2.45, 2.75) is 26.3 Å². The molecule has 0 saturated carbocycles. The molecule has 0 radical (unpaired) electrons. The molecule has 4 aromatic rings. The van der Waals surface area contributed by atoms with Gasteiger partial charge in [0.25, 0.3) is 0 Å². The Morgan fingerprint density at radius 2 is 1.84 bits per heavy atom. The van der Waals surface area contributed by atoms with E-state index in [1.54, 1.807) is 18.5 Å². The first-order valence-electron chi connectivity index (χ1n) is 10.7. The van der Waals surface area contributed by atoms with Gasteiger partial charge in [-0.25, -0.2) is 15.0 Å². The van der Waals surface area contributed by atoms with E-state index in [-0.39, 0.29) is 11.8 Å². The Labute approximate surface area is 188 Å². The number of fused-ring (bicyclic) bond motifs is 1. The van der Waals surface area contributed by atoms with Gasteiger partial charge in [0, 0.05) is 38.1 Å². The number of nitrogens with one attached hydrogen (secondary N) is 2. The minimum atomic E-state index is 0.166. The van der Waals surface area contributed by atoms with Crippen LogP contribution < -0.4 is 15.5 Å². The quantitative estimate of drug-likeness (QED) is 0.376. The van der Waals surface area contributed by atoms with Crippen molar-refractivity contribution in [1.29, 1.82) is 0 Å². The number of benzene rings is 2. The zero-order valence-electron chi connectivity index (χ0n) is 18.9. The summed E-state index contributed by atoms with van der Waals surface area (Å²) in [5.74, 6) is 1.71. The molecule has 2 aromatic heterocycles. The first-order chi connectivity index (χ1) is 15.4. The van der Waals surface area contributed by atoms with Crippen molar-refractivity contribution in [3.63, 3.8) is 0 Å². The van der Waals surface area contributed by atoms with E-state index < -0.39 is 0 Å². The van der Waals surface area contributed by atoms with Gasteiger partial charge in [-0.1, -0.05) is 18.2 Å². The van der Waals surface area contributed by atoms with Crippen LogP contribution in [0.5, 0.6) is 5.75 Å². The van der Waals surface area contributed by atoms with E-state index in [9.17, 15) is 5.11 Å². The van der Waals surface area contributed by atoms with Crippen molar-refractivity contribution in [1.82, 2.24) is 19.5 Å². The lowest BCUT2D eigenvalue weighted by Gasteiger charge is -2.16. The number of phenols is 1. The maximum absolute atomic E-state index is 9.45. The third-order valence-electron chi connectivity index (χ3n) is 5.25. The molecule has 2 heterocycles. The van der Waals surface area contributed by atoms with Crippen LogP contribution in [0.2, 0.25) is 0 Å². The number of rotatable bonds is 8. The lowest BCUT2D eigenvalue weighted by atomic mass is 10.1. The zero-order chi connectivity index (χ0) is 22.7. The van der Waals surface area contributed by atoms with Crippen LogP contribution >= 0.6 is 0 Å². The first kappa shape index (κ1) is 21.4. The van der Waals surface area contributed by atoms with E-state index in [0.29, 0.717) is 12.4 Å². The molecule has 0 saturated heterocycles. The second kappa shape index (κ2) is 9.13. The first-order valence-corrected chi connectivity index (χ1v) is 10.7.